The molecule has 8 nitrogen and oxygen atoms in total. The second kappa shape index (κ2) is 10.8. The fourth-order valence-corrected chi connectivity index (χ4v) is 4.92. The Hall–Kier alpha value is -4.17. The average molecular weight is 499 g/mol. The number of rotatable bonds is 7. The Morgan fingerprint density at radius 3 is 2.62 bits per heavy atom. The minimum atomic E-state index is -1.06. The van der Waals surface area contributed by atoms with Crippen LogP contribution in [0.1, 0.15) is 39.0 Å². The van der Waals surface area contributed by atoms with E-state index in [9.17, 15) is 19.5 Å². The summed E-state index contributed by atoms with van der Waals surface area (Å²) in [5.74, 6) is -1.59. The molecule has 2 heterocycles. The van der Waals surface area contributed by atoms with Crippen molar-refractivity contribution in [3.8, 4) is 0 Å². The Bertz CT molecular complexity index is 1320. The third-order valence-corrected chi connectivity index (χ3v) is 6.92. The molecule has 3 aromatic carbocycles. The summed E-state index contributed by atoms with van der Waals surface area (Å²) < 4.78 is 0. The van der Waals surface area contributed by atoms with Crippen molar-refractivity contribution in [2.24, 2.45) is 0 Å². The zero-order chi connectivity index (χ0) is 25.8. The molecule has 0 fully saturated rings. The molecular formula is C29H30N4O4. The van der Waals surface area contributed by atoms with Crippen LogP contribution in [-0.4, -0.2) is 46.9 Å². The summed E-state index contributed by atoms with van der Waals surface area (Å²) in [6, 6.07) is 20.2. The zero-order valence-electron chi connectivity index (χ0n) is 20.5. The highest BCUT2D eigenvalue weighted by Crippen LogP contribution is 2.27. The van der Waals surface area contributed by atoms with Gasteiger partial charge >= 0.3 is 5.97 Å². The molecule has 0 saturated heterocycles. The molecule has 0 bridgehead atoms. The maximum absolute atomic E-state index is 13.3. The lowest BCUT2D eigenvalue weighted by molar-refractivity contribution is -0.141. The monoisotopic (exact) mass is 498 g/mol. The number of carboxylic acids is 1. The molecule has 1 atom stereocenters. The number of nitrogens with one attached hydrogen (secondary N) is 3. The van der Waals surface area contributed by atoms with Crippen LogP contribution in [-0.2, 0) is 35.5 Å². The Labute approximate surface area is 215 Å². The van der Waals surface area contributed by atoms with Crippen molar-refractivity contribution in [3.05, 3.63) is 94.5 Å². The standard InChI is InChI=1S/C29H30N4O4/c34-27(35)16-26-29(37)33(13-11-19-4-2-1-3-5-19)18-22-7-6-21(15-25(22)32-26)28(36)31-24-9-8-20-10-12-30-17-23(20)14-24/h1-9,14-15,26,30,32H,10-13,16-18H2,(H,31,36)(H,34,35). The highest BCUT2D eigenvalue weighted by molar-refractivity contribution is 6.05. The number of benzene rings is 3. The normalized spacial score (nSPS) is 16.7. The van der Waals surface area contributed by atoms with Crippen LogP contribution >= 0.6 is 0 Å². The molecule has 2 aliphatic heterocycles. The molecule has 0 aliphatic carbocycles. The van der Waals surface area contributed by atoms with Crippen molar-refractivity contribution in [2.75, 3.05) is 23.7 Å². The molecule has 2 aliphatic rings. The number of aliphatic carboxylic acids is 1. The second-order valence-electron chi connectivity index (χ2n) is 9.53. The van der Waals surface area contributed by atoms with Crippen LogP contribution < -0.4 is 16.0 Å². The van der Waals surface area contributed by atoms with E-state index < -0.39 is 12.0 Å². The first-order valence-corrected chi connectivity index (χ1v) is 12.5. The third-order valence-electron chi connectivity index (χ3n) is 6.92. The Morgan fingerprint density at radius 1 is 1.00 bits per heavy atom. The van der Waals surface area contributed by atoms with Crippen molar-refractivity contribution in [1.82, 2.24) is 10.2 Å². The first-order valence-electron chi connectivity index (χ1n) is 12.5. The van der Waals surface area contributed by atoms with E-state index in [1.165, 1.54) is 11.1 Å². The van der Waals surface area contributed by atoms with Gasteiger partial charge in [0.05, 0.1) is 6.42 Å². The number of carbonyl (C=O) groups is 3. The quantitative estimate of drug-likeness (QED) is 0.397. The summed E-state index contributed by atoms with van der Waals surface area (Å²) in [4.78, 5) is 39.6. The fourth-order valence-electron chi connectivity index (χ4n) is 4.92. The van der Waals surface area contributed by atoms with E-state index >= 15 is 0 Å². The van der Waals surface area contributed by atoms with Crippen LogP contribution in [0, 0.1) is 0 Å². The van der Waals surface area contributed by atoms with Gasteiger partial charge in [-0.2, -0.15) is 0 Å². The van der Waals surface area contributed by atoms with Crippen molar-refractivity contribution in [3.63, 3.8) is 0 Å². The van der Waals surface area contributed by atoms with Gasteiger partial charge in [-0.15, -0.1) is 0 Å². The second-order valence-corrected chi connectivity index (χ2v) is 9.53. The van der Waals surface area contributed by atoms with Gasteiger partial charge in [-0.05, 0) is 65.9 Å². The van der Waals surface area contributed by atoms with Crippen molar-refractivity contribution >= 4 is 29.2 Å². The predicted molar refractivity (Wildman–Crippen MR) is 141 cm³/mol. The van der Waals surface area contributed by atoms with E-state index in [0.717, 1.165) is 36.3 Å². The van der Waals surface area contributed by atoms with Gasteiger partial charge < -0.3 is 26.0 Å². The molecule has 3 aromatic rings. The van der Waals surface area contributed by atoms with Crippen molar-refractivity contribution in [1.29, 1.82) is 0 Å². The van der Waals surface area contributed by atoms with Gasteiger partial charge in [-0.1, -0.05) is 42.5 Å². The molecule has 2 amide bonds. The van der Waals surface area contributed by atoms with Gasteiger partial charge in [0.1, 0.15) is 6.04 Å². The van der Waals surface area contributed by atoms with Gasteiger partial charge in [-0.25, -0.2) is 0 Å². The maximum atomic E-state index is 13.3. The summed E-state index contributed by atoms with van der Waals surface area (Å²) in [7, 11) is 0. The largest absolute Gasteiger partial charge is 0.481 e. The molecule has 190 valence electrons. The number of nitrogens with zero attached hydrogens (tertiary/aromatic N) is 1. The molecule has 0 saturated carbocycles. The highest BCUT2D eigenvalue weighted by atomic mass is 16.4. The molecule has 4 N–H and O–H groups in total. The molecule has 8 heteroatoms. The first kappa shape index (κ1) is 24.5. The van der Waals surface area contributed by atoms with E-state index in [1.54, 1.807) is 17.0 Å². The van der Waals surface area contributed by atoms with E-state index in [-0.39, 0.29) is 18.2 Å². The third kappa shape index (κ3) is 5.81. The molecule has 0 aromatic heterocycles. The van der Waals surface area contributed by atoms with Crippen LogP contribution in [0.4, 0.5) is 11.4 Å². The van der Waals surface area contributed by atoms with E-state index in [1.807, 2.05) is 48.5 Å². The lowest BCUT2D eigenvalue weighted by atomic mass is 10.0. The Morgan fingerprint density at radius 2 is 1.81 bits per heavy atom. The number of hydrogen-bond donors (Lipinski definition) is 4. The van der Waals surface area contributed by atoms with Gasteiger partial charge in [0.15, 0.2) is 0 Å². The summed E-state index contributed by atoms with van der Waals surface area (Å²) in [5.41, 5.74) is 6.17. The van der Waals surface area contributed by atoms with Crippen LogP contribution in [0.25, 0.3) is 0 Å². The van der Waals surface area contributed by atoms with E-state index in [0.29, 0.717) is 30.8 Å². The Kier molecular flexibility index (Phi) is 7.18. The summed E-state index contributed by atoms with van der Waals surface area (Å²) >= 11 is 0. The molecule has 0 radical (unpaired) electrons. The summed E-state index contributed by atoms with van der Waals surface area (Å²) in [6.45, 7) is 2.54. The molecule has 0 spiro atoms. The van der Waals surface area contributed by atoms with Crippen molar-refractivity contribution < 1.29 is 19.5 Å². The average Bonchev–Trinajstić information content (AvgIpc) is 3.03. The summed E-state index contributed by atoms with van der Waals surface area (Å²) in [5, 5.41) is 18.8. The van der Waals surface area contributed by atoms with Gasteiger partial charge in [0.25, 0.3) is 5.91 Å². The number of hydrogen-bond acceptors (Lipinski definition) is 5. The molecular weight excluding hydrogens is 468 g/mol. The van der Waals surface area contributed by atoms with Crippen molar-refractivity contribution in [2.45, 2.75) is 38.4 Å². The topological polar surface area (TPSA) is 111 Å². The van der Waals surface area contributed by atoms with Gasteiger partial charge in [-0.3, -0.25) is 14.4 Å². The number of amides is 2. The van der Waals surface area contributed by atoms with E-state index in [4.69, 9.17) is 0 Å². The smallest absolute Gasteiger partial charge is 0.305 e. The number of fused-ring (bicyclic) bond motifs is 2. The van der Waals surface area contributed by atoms with E-state index in [2.05, 4.69) is 22.0 Å². The number of carbonyl (C=O) groups excluding carboxylic acids is 2. The SMILES string of the molecule is O=C(O)CC1Nc2cc(C(=O)Nc3ccc4c(c3)CNCC4)ccc2CN(CCc2ccccc2)C1=O. The first-order chi connectivity index (χ1) is 18.0. The zero-order valence-corrected chi connectivity index (χ0v) is 20.5. The molecule has 1 unspecified atom stereocenters. The van der Waals surface area contributed by atoms with Crippen LogP contribution in [0.5, 0.6) is 0 Å². The van der Waals surface area contributed by atoms with Crippen LogP contribution in [0.15, 0.2) is 66.7 Å². The van der Waals surface area contributed by atoms with Gasteiger partial charge in [0, 0.05) is 36.6 Å². The molecule has 37 heavy (non-hydrogen) atoms. The Balaban J connectivity index is 1.35. The highest BCUT2D eigenvalue weighted by Gasteiger charge is 2.31. The summed E-state index contributed by atoms with van der Waals surface area (Å²) in [6.07, 6.45) is 1.29. The maximum Gasteiger partial charge on any atom is 0.305 e. The number of anilines is 2. The fraction of sp³-hybridized carbons (Fsp3) is 0.276. The van der Waals surface area contributed by atoms with Gasteiger partial charge in [0.2, 0.25) is 5.91 Å². The van der Waals surface area contributed by atoms with Crippen LogP contribution in [0.2, 0.25) is 0 Å². The number of carboxylic acid groups (broad SMARTS) is 1. The predicted octanol–water partition coefficient (Wildman–Crippen LogP) is 3.42. The molecule has 5 rings (SSSR count). The van der Waals surface area contributed by atoms with Crippen LogP contribution in [0.3, 0.4) is 0 Å². The minimum absolute atomic E-state index is 0.261. The lowest BCUT2D eigenvalue weighted by Gasteiger charge is -2.24. The lowest BCUT2D eigenvalue weighted by Crippen LogP contribution is -2.42. The minimum Gasteiger partial charge on any atom is -0.481 e.